The van der Waals surface area contributed by atoms with E-state index in [0.717, 1.165) is 18.4 Å². The Kier molecular flexibility index (Phi) is 5.16. The summed E-state index contributed by atoms with van der Waals surface area (Å²) in [4.78, 5) is 0.0925. The van der Waals surface area contributed by atoms with Crippen molar-refractivity contribution >= 4 is 10.0 Å². The van der Waals surface area contributed by atoms with Gasteiger partial charge in [0.2, 0.25) is 10.0 Å². The van der Waals surface area contributed by atoms with Crippen LogP contribution in [0.15, 0.2) is 47.4 Å². The molecule has 2 aromatic carbocycles. The molecule has 0 aliphatic heterocycles. The minimum absolute atomic E-state index is 0.0206. The third-order valence-electron chi connectivity index (χ3n) is 4.78. The number of phenolic OH excluding ortho intramolecular Hbond substituents is 2. The van der Waals surface area contributed by atoms with Crippen LogP contribution in [-0.2, 0) is 10.0 Å². The first-order chi connectivity index (χ1) is 12.4. The molecule has 3 rings (SSSR count). The Labute approximate surface area is 152 Å². The molecule has 7 heteroatoms. The maximum atomic E-state index is 12.5. The van der Waals surface area contributed by atoms with E-state index in [1.165, 1.54) is 18.2 Å². The first kappa shape index (κ1) is 18.2. The van der Waals surface area contributed by atoms with Crippen LogP contribution in [0.25, 0.3) is 0 Å². The van der Waals surface area contributed by atoms with E-state index < -0.39 is 10.0 Å². The van der Waals surface area contributed by atoms with Gasteiger partial charge in [0.1, 0.15) is 11.5 Å². The monoisotopic (exact) mass is 372 g/mol. The van der Waals surface area contributed by atoms with Gasteiger partial charge in [-0.2, -0.15) is 5.26 Å². The number of benzene rings is 2. The Hall–Kier alpha value is -2.56. The van der Waals surface area contributed by atoms with Crippen LogP contribution in [0, 0.1) is 11.3 Å². The van der Waals surface area contributed by atoms with Crippen molar-refractivity contribution in [2.24, 2.45) is 0 Å². The summed E-state index contributed by atoms with van der Waals surface area (Å²) < 4.78 is 27.8. The van der Waals surface area contributed by atoms with E-state index in [-0.39, 0.29) is 28.4 Å². The summed E-state index contributed by atoms with van der Waals surface area (Å²) in [5, 5.41) is 28.3. The highest BCUT2D eigenvalue weighted by atomic mass is 32.2. The molecule has 6 nitrogen and oxygen atoms in total. The number of aromatic hydroxyl groups is 2. The number of hydrogen-bond acceptors (Lipinski definition) is 5. The number of phenols is 2. The highest BCUT2D eigenvalue weighted by Crippen LogP contribution is 2.38. The van der Waals surface area contributed by atoms with E-state index in [1.807, 2.05) is 6.07 Å². The molecule has 26 heavy (non-hydrogen) atoms. The number of hydrogen-bond donors (Lipinski definition) is 3. The van der Waals surface area contributed by atoms with E-state index in [2.05, 4.69) is 4.72 Å². The second-order valence-electron chi connectivity index (χ2n) is 6.55. The van der Waals surface area contributed by atoms with E-state index in [9.17, 15) is 18.6 Å². The van der Waals surface area contributed by atoms with Gasteiger partial charge in [-0.25, -0.2) is 13.1 Å². The van der Waals surface area contributed by atoms with Crippen LogP contribution in [0.1, 0.15) is 42.7 Å². The lowest BCUT2D eigenvalue weighted by atomic mass is 9.81. The summed E-state index contributed by atoms with van der Waals surface area (Å²) in [6.45, 7) is 0. The molecular weight excluding hydrogens is 352 g/mol. The first-order valence-corrected chi connectivity index (χ1v) is 9.92. The van der Waals surface area contributed by atoms with Crippen LogP contribution < -0.4 is 4.72 Å². The molecule has 0 spiro atoms. The summed E-state index contributed by atoms with van der Waals surface area (Å²) >= 11 is 0. The second kappa shape index (κ2) is 7.36. The number of nitrogens with one attached hydrogen (secondary N) is 1. The predicted molar refractivity (Wildman–Crippen MR) is 96.2 cm³/mol. The molecule has 1 saturated carbocycles. The van der Waals surface area contributed by atoms with Crippen LogP contribution in [-0.4, -0.2) is 24.7 Å². The molecule has 3 N–H and O–H groups in total. The van der Waals surface area contributed by atoms with Gasteiger partial charge < -0.3 is 10.2 Å². The van der Waals surface area contributed by atoms with Gasteiger partial charge in [-0.05, 0) is 61.4 Å². The van der Waals surface area contributed by atoms with Crippen molar-refractivity contribution in [3.8, 4) is 17.6 Å². The van der Waals surface area contributed by atoms with Crippen LogP contribution in [0.5, 0.6) is 11.5 Å². The van der Waals surface area contributed by atoms with Gasteiger partial charge in [0.15, 0.2) is 0 Å². The number of nitriles is 1. The summed E-state index contributed by atoms with van der Waals surface area (Å²) in [5.74, 6) is 0.230. The van der Waals surface area contributed by atoms with E-state index in [1.54, 1.807) is 24.3 Å². The molecule has 0 saturated heterocycles. The Morgan fingerprint density at radius 3 is 2.42 bits per heavy atom. The molecule has 1 aliphatic rings. The Morgan fingerprint density at radius 2 is 1.77 bits per heavy atom. The van der Waals surface area contributed by atoms with Crippen molar-refractivity contribution in [3.63, 3.8) is 0 Å². The summed E-state index contributed by atoms with van der Waals surface area (Å²) in [7, 11) is -3.67. The highest BCUT2D eigenvalue weighted by Gasteiger charge is 2.27. The molecule has 0 unspecified atom stereocenters. The quantitative estimate of drug-likeness (QED) is 0.764. The van der Waals surface area contributed by atoms with Crippen molar-refractivity contribution in [3.05, 3.63) is 53.6 Å². The van der Waals surface area contributed by atoms with E-state index in [0.29, 0.717) is 18.4 Å². The zero-order valence-electron chi connectivity index (χ0n) is 14.1. The lowest BCUT2D eigenvalue weighted by Gasteiger charge is -2.29. The van der Waals surface area contributed by atoms with Crippen LogP contribution in [0.4, 0.5) is 0 Å². The maximum Gasteiger partial charge on any atom is 0.240 e. The molecular formula is C19H20N2O4S. The van der Waals surface area contributed by atoms with Crippen LogP contribution in [0.3, 0.4) is 0 Å². The van der Waals surface area contributed by atoms with Gasteiger partial charge in [-0.15, -0.1) is 0 Å². The molecule has 0 radical (unpaired) electrons. The topological polar surface area (TPSA) is 110 Å². The highest BCUT2D eigenvalue weighted by molar-refractivity contribution is 7.89. The SMILES string of the molecule is N#Cc1cccc(S(=O)(=O)N[C@H]2CC[C@@H](c3ccc(O)cc3O)CC2)c1. The van der Waals surface area contributed by atoms with Crippen molar-refractivity contribution in [2.45, 2.75) is 42.5 Å². The molecule has 0 amide bonds. The standard InChI is InChI=1S/C19H20N2O4S/c20-12-13-2-1-3-17(10-13)26(24,25)21-15-6-4-14(5-7-15)18-9-8-16(22)11-19(18)23/h1-3,8-11,14-15,21-23H,4-7H2/t14-,15+. The zero-order chi connectivity index (χ0) is 18.7. The third kappa shape index (κ3) is 3.98. The largest absolute Gasteiger partial charge is 0.508 e. The number of sulfonamides is 1. The van der Waals surface area contributed by atoms with Gasteiger partial charge in [0.25, 0.3) is 0 Å². The summed E-state index contributed by atoms with van der Waals surface area (Å²) in [6.07, 6.45) is 2.79. The molecule has 0 aromatic heterocycles. The fraction of sp³-hybridized carbons (Fsp3) is 0.316. The van der Waals surface area contributed by atoms with Gasteiger partial charge in [0.05, 0.1) is 16.5 Å². The second-order valence-corrected chi connectivity index (χ2v) is 8.27. The van der Waals surface area contributed by atoms with Gasteiger partial charge in [-0.3, -0.25) is 0 Å². The molecule has 136 valence electrons. The predicted octanol–water partition coefficient (Wildman–Crippen LogP) is 2.97. The Morgan fingerprint density at radius 1 is 1.04 bits per heavy atom. The smallest absolute Gasteiger partial charge is 0.240 e. The molecule has 0 heterocycles. The average Bonchev–Trinajstić information content (AvgIpc) is 2.62. The fourth-order valence-corrected chi connectivity index (χ4v) is 4.77. The van der Waals surface area contributed by atoms with Crippen molar-refractivity contribution in [2.75, 3.05) is 0 Å². The average molecular weight is 372 g/mol. The molecule has 2 aromatic rings. The minimum Gasteiger partial charge on any atom is -0.508 e. The normalized spacial score (nSPS) is 20.4. The Bertz CT molecular complexity index is 942. The number of nitrogens with zero attached hydrogens (tertiary/aromatic N) is 1. The fourth-order valence-electron chi connectivity index (χ4n) is 3.42. The van der Waals surface area contributed by atoms with Gasteiger partial charge in [-0.1, -0.05) is 12.1 Å². The lowest BCUT2D eigenvalue weighted by Crippen LogP contribution is -2.37. The van der Waals surface area contributed by atoms with Crippen LogP contribution >= 0.6 is 0 Å². The molecule has 1 fully saturated rings. The van der Waals surface area contributed by atoms with Gasteiger partial charge >= 0.3 is 0 Å². The van der Waals surface area contributed by atoms with Gasteiger partial charge in [0, 0.05) is 12.1 Å². The third-order valence-corrected chi connectivity index (χ3v) is 6.29. The molecule has 0 atom stereocenters. The molecule has 0 bridgehead atoms. The van der Waals surface area contributed by atoms with E-state index in [4.69, 9.17) is 5.26 Å². The first-order valence-electron chi connectivity index (χ1n) is 8.43. The van der Waals surface area contributed by atoms with Crippen molar-refractivity contribution in [1.29, 1.82) is 5.26 Å². The maximum absolute atomic E-state index is 12.5. The summed E-state index contributed by atoms with van der Waals surface area (Å²) in [6, 6.07) is 12.3. The Balaban J connectivity index is 1.65. The molecule has 1 aliphatic carbocycles. The lowest BCUT2D eigenvalue weighted by molar-refractivity contribution is 0.362. The van der Waals surface area contributed by atoms with Crippen LogP contribution in [0.2, 0.25) is 0 Å². The minimum atomic E-state index is -3.67. The summed E-state index contributed by atoms with van der Waals surface area (Å²) in [5.41, 5.74) is 1.09. The van der Waals surface area contributed by atoms with E-state index >= 15 is 0 Å². The zero-order valence-corrected chi connectivity index (χ0v) is 14.9. The van der Waals surface area contributed by atoms with Crippen molar-refractivity contribution < 1.29 is 18.6 Å². The number of rotatable bonds is 4. The van der Waals surface area contributed by atoms with Crippen molar-refractivity contribution in [1.82, 2.24) is 4.72 Å².